The average molecular weight is 440 g/mol. The Morgan fingerprint density at radius 3 is 2.76 bits per heavy atom. The number of imidazole rings is 1. The lowest BCUT2D eigenvalue weighted by molar-refractivity contribution is 0.254. The molecule has 2 N–H and O–H groups in total. The van der Waals surface area contributed by atoms with E-state index in [2.05, 4.69) is 49.5 Å². The summed E-state index contributed by atoms with van der Waals surface area (Å²) in [6.07, 6.45) is 12.3. The van der Waals surface area contributed by atoms with Crippen molar-refractivity contribution < 1.29 is 0 Å². The lowest BCUT2D eigenvalue weighted by Gasteiger charge is -2.28. The van der Waals surface area contributed by atoms with Gasteiger partial charge in [-0.2, -0.15) is 10.2 Å². The molecule has 1 saturated carbocycles. The molecule has 1 saturated heterocycles. The smallest absolute Gasteiger partial charge is 0.159 e. The number of hydrogen-bond donors (Lipinski definition) is 2. The molecule has 0 bridgehead atoms. The molecule has 0 atom stereocenters. The van der Waals surface area contributed by atoms with Crippen LogP contribution in [0.1, 0.15) is 43.3 Å². The molecule has 33 heavy (non-hydrogen) atoms. The second-order valence-corrected chi connectivity index (χ2v) is 9.38. The maximum atomic E-state index is 4.99. The third kappa shape index (κ3) is 3.22. The normalized spacial score (nSPS) is 18.0. The summed E-state index contributed by atoms with van der Waals surface area (Å²) in [4.78, 5) is 20.2. The minimum atomic E-state index is 0.441. The van der Waals surface area contributed by atoms with Crippen molar-refractivity contribution in [3.8, 4) is 22.8 Å². The van der Waals surface area contributed by atoms with Crippen LogP contribution < -0.4 is 0 Å². The van der Waals surface area contributed by atoms with E-state index in [0.29, 0.717) is 12.0 Å². The summed E-state index contributed by atoms with van der Waals surface area (Å²) in [5, 5.41) is 13.2. The van der Waals surface area contributed by atoms with Crippen molar-refractivity contribution in [2.45, 2.75) is 37.6 Å². The van der Waals surface area contributed by atoms with Gasteiger partial charge in [-0.25, -0.2) is 4.98 Å². The number of piperidine rings is 1. The molecule has 0 spiro atoms. The highest BCUT2D eigenvalue weighted by Crippen LogP contribution is 2.36. The van der Waals surface area contributed by atoms with Gasteiger partial charge in [-0.05, 0) is 58.0 Å². The van der Waals surface area contributed by atoms with Gasteiger partial charge in [0.25, 0.3) is 0 Å². The van der Waals surface area contributed by atoms with Gasteiger partial charge in [0.05, 0.1) is 40.9 Å². The maximum Gasteiger partial charge on any atom is 0.159 e. The van der Waals surface area contributed by atoms with E-state index in [4.69, 9.17) is 9.97 Å². The molecule has 0 unspecified atom stereocenters. The monoisotopic (exact) mass is 439 g/mol. The van der Waals surface area contributed by atoms with Crippen molar-refractivity contribution in [3.05, 3.63) is 42.6 Å². The lowest BCUT2D eigenvalue weighted by atomic mass is 9.92. The molecular weight excluding hydrogens is 414 g/mol. The maximum absolute atomic E-state index is 4.99. The molecule has 2 aliphatic rings. The summed E-state index contributed by atoms with van der Waals surface area (Å²) in [6.45, 7) is 2.19. The second-order valence-electron chi connectivity index (χ2n) is 9.38. The number of pyridine rings is 2. The molecule has 0 radical (unpaired) electrons. The molecule has 1 aliphatic heterocycles. The minimum absolute atomic E-state index is 0.441. The molecule has 9 heteroatoms. The topological polar surface area (TPSA) is 104 Å². The van der Waals surface area contributed by atoms with Crippen LogP contribution in [-0.4, -0.2) is 65.0 Å². The number of hydrogen-bond acceptors (Lipinski definition) is 6. The van der Waals surface area contributed by atoms with Crippen LogP contribution in [0.2, 0.25) is 0 Å². The third-order valence-corrected chi connectivity index (χ3v) is 7.02. The zero-order valence-electron chi connectivity index (χ0n) is 18.5. The molecule has 5 aromatic rings. The van der Waals surface area contributed by atoms with Crippen molar-refractivity contribution in [3.63, 3.8) is 0 Å². The van der Waals surface area contributed by atoms with Gasteiger partial charge in [-0.3, -0.25) is 19.7 Å². The molecule has 166 valence electrons. The Morgan fingerprint density at radius 1 is 1.03 bits per heavy atom. The van der Waals surface area contributed by atoms with Gasteiger partial charge in [-0.15, -0.1) is 0 Å². The lowest BCUT2D eigenvalue weighted by Crippen LogP contribution is -2.29. The van der Waals surface area contributed by atoms with Crippen LogP contribution in [0.15, 0.2) is 36.9 Å². The third-order valence-electron chi connectivity index (χ3n) is 7.02. The van der Waals surface area contributed by atoms with E-state index in [1.165, 1.54) is 12.8 Å². The molecule has 9 nitrogen and oxygen atoms in total. The number of fused-ring (bicyclic) bond motifs is 2. The number of aromatic nitrogens is 8. The van der Waals surface area contributed by atoms with E-state index in [9.17, 15) is 0 Å². The van der Waals surface area contributed by atoms with Crippen LogP contribution in [-0.2, 0) is 0 Å². The van der Waals surface area contributed by atoms with Crippen LogP contribution in [0.25, 0.3) is 44.7 Å². The Kier molecular flexibility index (Phi) is 4.14. The molecule has 6 heterocycles. The summed E-state index contributed by atoms with van der Waals surface area (Å²) >= 11 is 0. The highest BCUT2D eigenvalue weighted by molar-refractivity contribution is 5.94. The van der Waals surface area contributed by atoms with E-state index >= 15 is 0 Å². The van der Waals surface area contributed by atoms with Crippen LogP contribution in [0, 0.1) is 0 Å². The SMILES string of the molecule is CN1CCC(c2nccc3[nH]c(-c4n[nH]c5cnc(-c6cnn(C7CC7)c6)cc45)nc23)CC1. The van der Waals surface area contributed by atoms with Crippen molar-refractivity contribution in [2.75, 3.05) is 20.1 Å². The van der Waals surface area contributed by atoms with Crippen molar-refractivity contribution >= 4 is 21.9 Å². The molecule has 2 fully saturated rings. The number of aromatic amines is 2. The number of nitrogens with one attached hydrogen (secondary N) is 2. The van der Waals surface area contributed by atoms with Gasteiger partial charge >= 0.3 is 0 Å². The average Bonchev–Trinajstić information content (AvgIpc) is 3.23. The van der Waals surface area contributed by atoms with Crippen LogP contribution >= 0.6 is 0 Å². The molecular formula is C24H25N9. The first-order chi connectivity index (χ1) is 16.2. The molecule has 1 aliphatic carbocycles. The van der Waals surface area contributed by atoms with Crippen LogP contribution in [0.5, 0.6) is 0 Å². The van der Waals surface area contributed by atoms with Crippen molar-refractivity contribution in [2.24, 2.45) is 0 Å². The molecule has 5 aromatic heterocycles. The summed E-state index contributed by atoms with van der Waals surface area (Å²) in [7, 11) is 2.18. The van der Waals surface area contributed by atoms with Crippen molar-refractivity contribution in [1.29, 1.82) is 0 Å². The molecule has 7 rings (SSSR count). The van der Waals surface area contributed by atoms with Crippen LogP contribution in [0.3, 0.4) is 0 Å². The Bertz CT molecular complexity index is 1460. The first-order valence-electron chi connectivity index (χ1n) is 11.6. The van der Waals surface area contributed by atoms with Gasteiger partial charge in [0.1, 0.15) is 11.2 Å². The Morgan fingerprint density at radius 2 is 1.91 bits per heavy atom. The van der Waals surface area contributed by atoms with E-state index in [0.717, 1.165) is 76.3 Å². The number of nitrogens with zero attached hydrogens (tertiary/aromatic N) is 7. The molecule has 0 amide bonds. The Labute approximate surface area is 190 Å². The summed E-state index contributed by atoms with van der Waals surface area (Å²) in [5.74, 6) is 1.19. The quantitative estimate of drug-likeness (QED) is 0.440. The largest absolute Gasteiger partial charge is 0.336 e. The fourth-order valence-electron chi connectivity index (χ4n) is 4.91. The van der Waals surface area contributed by atoms with E-state index in [1.807, 2.05) is 29.3 Å². The summed E-state index contributed by atoms with van der Waals surface area (Å²) in [5.41, 5.74) is 6.66. The van der Waals surface area contributed by atoms with Crippen molar-refractivity contribution in [1.82, 2.24) is 44.8 Å². The van der Waals surface area contributed by atoms with Gasteiger partial charge in [0.15, 0.2) is 5.82 Å². The summed E-state index contributed by atoms with van der Waals surface area (Å²) < 4.78 is 2.05. The number of H-pyrrole nitrogens is 2. The highest BCUT2D eigenvalue weighted by atomic mass is 15.3. The predicted octanol–water partition coefficient (Wildman–Crippen LogP) is 3.90. The van der Waals surface area contributed by atoms with Gasteiger partial charge in [0, 0.05) is 29.3 Å². The molecule has 0 aromatic carbocycles. The number of rotatable bonds is 4. The Balaban J connectivity index is 1.29. The van der Waals surface area contributed by atoms with E-state index in [1.54, 1.807) is 0 Å². The van der Waals surface area contributed by atoms with Gasteiger partial charge < -0.3 is 9.88 Å². The standard InChI is InChI=1S/C24H25N9/c1-32-8-5-14(6-9-32)21-23-18(4-7-25-21)28-24(29-23)22-17-10-19(26-12-20(17)30-31-22)15-11-27-33(13-15)16-2-3-16/h4,7,10-14,16H,2-3,5-6,8-9H2,1H3,(H,28,29)(H,30,31). The predicted molar refractivity (Wildman–Crippen MR) is 126 cm³/mol. The van der Waals surface area contributed by atoms with Crippen LogP contribution in [0.4, 0.5) is 0 Å². The Hall–Kier alpha value is -3.59. The number of likely N-dealkylation sites (tertiary alicyclic amines) is 1. The zero-order valence-corrected chi connectivity index (χ0v) is 18.5. The fraction of sp³-hybridized carbons (Fsp3) is 0.375. The van der Waals surface area contributed by atoms with Gasteiger partial charge in [0.2, 0.25) is 0 Å². The fourth-order valence-corrected chi connectivity index (χ4v) is 4.91. The van der Waals surface area contributed by atoms with E-state index < -0.39 is 0 Å². The first kappa shape index (κ1) is 18.9. The second kappa shape index (κ2) is 7.21. The highest BCUT2D eigenvalue weighted by Gasteiger charge is 2.25. The summed E-state index contributed by atoms with van der Waals surface area (Å²) in [6, 6.07) is 4.62. The van der Waals surface area contributed by atoms with Gasteiger partial charge in [-0.1, -0.05) is 0 Å². The van der Waals surface area contributed by atoms with E-state index in [-0.39, 0.29) is 0 Å². The zero-order chi connectivity index (χ0) is 21.9. The first-order valence-corrected chi connectivity index (χ1v) is 11.6. The minimum Gasteiger partial charge on any atom is -0.336 e.